The number of hydrogen-bond acceptors (Lipinski definition) is 8. The molecular formula is C44H80O8. The molecule has 0 amide bonds. The summed E-state index contributed by atoms with van der Waals surface area (Å²) in [6, 6.07) is 0. The highest BCUT2D eigenvalue weighted by Gasteiger charge is 2.39. The first kappa shape index (κ1) is 48.2. The van der Waals surface area contributed by atoms with Crippen LogP contribution < -0.4 is 0 Å². The molecular weight excluding hydrogens is 656 g/mol. The Morgan fingerprint density at radius 3 is 1.65 bits per heavy atom. The summed E-state index contributed by atoms with van der Waals surface area (Å²) in [5.41, 5.74) is 0. The molecule has 0 radical (unpaired) electrons. The van der Waals surface area contributed by atoms with E-state index in [0.29, 0.717) is 19.3 Å². The molecule has 8 heteroatoms. The summed E-state index contributed by atoms with van der Waals surface area (Å²) in [7, 11) is 0. The molecule has 0 saturated heterocycles. The second kappa shape index (κ2) is 32.6. The SMILES string of the molecule is CCCCC[C@H](O)/C=C/[C@H]1C(=O)C[C@H](O)[C@@H]1CCCCCCC(=O)OC[C@H](O)COC(=O)CCCCCCCCCCCCCCCCC(C)CC. The van der Waals surface area contributed by atoms with Crippen LogP contribution in [0.25, 0.3) is 0 Å². The Bertz CT molecular complexity index is 920. The van der Waals surface area contributed by atoms with Gasteiger partial charge in [0.2, 0.25) is 0 Å². The van der Waals surface area contributed by atoms with Gasteiger partial charge in [-0.15, -0.1) is 0 Å². The molecule has 0 aromatic rings. The minimum atomic E-state index is -1.03. The van der Waals surface area contributed by atoms with Gasteiger partial charge in [-0.25, -0.2) is 0 Å². The number of ketones is 1. The molecule has 3 N–H and O–H groups in total. The molecule has 0 spiro atoms. The summed E-state index contributed by atoms with van der Waals surface area (Å²) in [4.78, 5) is 36.6. The van der Waals surface area contributed by atoms with E-state index in [1.165, 1.54) is 83.5 Å². The molecule has 0 aliphatic heterocycles. The van der Waals surface area contributed by atoms with E-state index in [0.717, 1.165) is 70.1 Å². The predicted octanol–water partition coefficient (Wildman–Crippen LogP) is 10.1. The van der Waals surface area contributed by atoms with Crippen molar-refractivity contribution < 1.29 is 39.2 Å². The van der Waals surface area contributed by atoms with E-state index in [-0.39, 0.29) is 55.6 Å². The van der Waals surface area contributed by atoms with Crippen LogP contribution in [0.1, 0.15) is 201 Å². The van der Waals surface area contributed by atoms with Gasteiger partial charge in [0.1, 0.15) is 25.1 Å². The van der Waals surface area contributed by atoms with Crippen LogP contribution >= 0.6 is 0 Å². The van der Waals surface area contributed by atoms with Crippen LogP contribution in [0.2, 0.25) is 0 Å². The highest BCUT2D eigenvalue weighted by Crippen LogP contribution is 2.34. The lowest BCUT2D eigenvalue weighted by atomic mass is 9.88. The number of rotatable bonds is 35. The van der Waals surface area contributed by atoms with Gasteiger partial charge < -0.3 is 24.8 Å². The van der Waals surface area contributed by atoms with Crippen LogP contribution in [0.3, 0.4) is 0 Å². The fourth-order valence-corrected chi connectivity index (χ4v) is 7.20. The maximum Gasteiger partial charge on any atom is 0.305 e. The van der Waals surface area contributed by atoms with Crippen molar-refractivity contribution in [1.82, 2.24) is 0 Å². The van der Waals surface area contributed by atoms with Crippen molar-refractivity contribution in [3.63, 3.8) is 0 Å². The van der Waals surface area contributed by atoms with E-state index in [4.69, 9.17) is 9.47 Å². The minimum absolute atomic E-state index is 0.0367. The Kier molecular flexibility index (Phi) is 30.3. The fraction of sp³-hybridized carbons (Fsp3) is 0.886. The van der Waals surface area contributed by atoms with Crippen molar-refractivity contribution in [3.05, 3.63) is 12.2 Å². The Morgan fingerprint density at radius 1 is 0.692 bits per heavy atom. The van der Waals surface area contributed by atoms with Crippen molar-refractivity contribution >= 4 is 17.7 Å². The molecule has 304 valence electrons. The zero-order chi connectivity index (χ0) is 38.2. The molecule has 6 atom stereocenters. The van der Waals surface area contributed by atoms with Gasteiger partial charge in [0.15, 0.2) is 0 Å². The third-order valence-corrected chi connectivity index (χ3v) is 10.9. The van der Waals surface area contributed by atoms with Gasteiger partial charge in [-0.1, -0.05) is 168 Å². The number of carbonyl (C=O) groups is 3. The van der Waals surface area contributed by atoms with E-state index >= 15 is 0 Å². The number of hydrogen-bond donors (Lipinski definition) is 3. The average Bonchev–Trinajstić information content (AvgIpc) is 3.40. The summed E-state index contributed by atoms with van der Waals surface area (Å²) in [6.07, 6.45) is 30.3. The fourth-order valence-electron chi connectivity index (χ4n) is 7.20. The van der Waals surface area contributed by atoms with Gasteiger partial charge in [-0.3, -0.25) is 14.4 Å². The number of allylic oxidation sites excluding steroid dienone is 1. The zero-order valence-corrected chi connectivity index (χ0v) is 33.7. The van der Waals surface area contributed by atoms with Crippen LogP contribution in [-0.2, 0) is 23.9 Å². The highest BCUT2D eigenvalue weighted by molar-refractivity contribution is 5.86. The van der Waals surface area contributed by atoms with Gasteiger partial charge in [-0.05, 0) is 37.5 Å². The van der Waals surface area contributed by atoms with Gasteiger partial charge in [0, 0.05) is 25.2 Å². The molecule has 52 heavy (non-hydrogen) atoms. The van der Waals surface area contributed by atoms with Gasteiger partial charge in [-0.2, -0.15) is 0 Å². The van der Waals surface area contributed by atoms with Gasteiger partial charge in [0.05, 0.1) is 12.2 Å². The zero-order valence-electron chi connectivity index (χ0n) is 33.7. The van der Waals surface area contributed by atoms with Crippen molar-refractivity contribution in [2.75, 3.05) is 13.2 Å². The van der Waals surface area contributed by atoms with E-state index in [1.54, 1.807) is 12.2 Å². The number of carbonyl (C=O) groups excluding carboxylic acids is 3. The summed E-state index contributed by atoms with van der Waals surface area (Å²) in [6.45, 7) is 6.40. The summed E-state index contributed by atoms with van der Waals surface area (Å²) in [5, 5.41) is 30.7. The summed E-state index contributed by atoms with van der Waals surface area (Å²) in [5.74, 6) is -0.254. The topological polar surface area (TPSA) is 130 Å². The third-order valence-electron chi connectivity index (χ3n) is 10.9. The number of Topliss-reactive ketones (excluding diaryl/α,β-unsaturated/α-hetero) is 1. The maximum atomic E-state index is 12.4. The third kappa shape index (κ3) is 26.1. The molecule has 0 bridgehead atoms. The van der Waals surface area contributed by atoms with Crippen molar-refractivity contribution in [3.8, 4) is 0 Å². The summed E-state index contributed by atoms with van der Waals surface area (Å²) < 4.78 is 10.3. The van der Waals surface area contributed by atoms with Crippen LogP contribution in [0.4, 0.5) is 0 Å². The van der Waals surface area contributed by atoms with Crippen LogP contribution in [0.15, 0.2) is 12.2 Å². The standard InChI is InChI=1S/C44H80O8/c1-4-6-21-27-37(45)31-32-40-39(41(47)33-42(40)48)28-23-19-20-25-30-44(50)52-35-38(46)34-51-43(49)29-24-18-16-14-12-10-8-7-9-11-13-15-17-22-26-36(3)5-2/h31-32,36-41,45-47H,4-30,33-35H2,1-3H3/b32-31+/t36?,37-,38+,39+,40+,41-/m0/s1. The number of ether oxygens (including phenoxy) is 2. The lowest BCUT2D eigenvalue weighted by Gasteiger charge is -2.19. The van der Waals surface area contributed by atoms with E-state index in [9.17, 15) is 29.7 Å². The predicted molar refractivity (Wildman–Crippen MR) is 211 cm³/mol. The number of aliphatic hydroxyl groups excluding tert-OH is 3. The van der Waals surface area contributed by atoms with E-state index in [1.807, 2.05) is 0 Å². The second-order valence-corrected chi connectivity index (χ2v) is 15.9. The molecule has 1 saturated carbocycles. The molecule has 8 nitrogen and oxygen atoms in total. The molecule has 1 unspecified atom stereocenters. The van der Waals surface area contributed by atoms with E-state index in [2.05, 4.69) is 20.8 Å². The smallest absolute Gasteiger partial charge is 0.305 e. The molecule has 1 fully saturated rings. The number of unbranched alkanes of at least 4 members (excludes halogenated alkanes) is 18. The Labute approximate surface area is 318 Å². The van der Waals surface area contributed by atoms with Crippen LogP contribution in [0.5, 0.6) is 0 Å². The lowest BCUT2D eigenvalue weighted by Crippen LogP contribution is -2.25. The quantitative estimate of drug-likeness (QED) is 0.0333. The second-order valence-electron chi connectivity index (χ2n) is 15.9. The molecule has 1 rings (SSSR count). The monoisotopic (exact) mass is 737 g/mol. The largest absolute Gasteiger partial charge is 0.463 e. The van der Waals surface area contributed by atoms with Crippen LogP contribution in [-0.4, -0.2) is 64.6 Å². The first-order chi connectivity index (χ1) is 25.2. The molecule has 1 aliphatic carbocycles. The van der Waals surface area contributed by atoms with Crippen molar-refractivity contribution in [1.29, 1.82) is 0 Å². The molecule has 1 aliphatic rings. The lowest BCUT2D eigenvalue weighted by molar-refractivity contribution is -0.152. The number of aliphatic hydroxyl groups is 3. The first-order valence-electron chi connectivity index (χ1n) is 21.7. The van der Waals surface area contributed by atoms with Gasteiger partial charge in [0.25, 0.3) is 0 Å². The molecule has 0 aromatic heterocycles. The minimum Gasteiger partial charge on any atom is -0.463 e. The van der Waals surface area contributed by atoms with E-state index < -0.39 is 18.3 Å². The maximum absolute atomic E-state index is 12.4. The van der Waals surface area contributed by atoms with Gasteiger partial charge >= 0.3 is 11.9 Å². The first-order valence-corrected chi connectivity index (χ1v) is 21.7. The average molecular weight is 737 g/mol. The normalized spacial score (nSPS) is 19.3. The van der Waals surface area contributed by atoms with Crippen LogP contribution in [0, 0.1) is 17.8 Å². The summed E-state index contributed by atoms with van der Waals surface area (Å²) >= 11 is 0. The Morgan fingerprint density at radius 2 is 1.15 bits per heavy atom. The highest BCUT2D eigenvalue weighted by atomic mass is 16.6. The number of esters is 2. The molecule has 0 heterocycles. The van der Waals surface area contributed by atoms with Crippen molar-refractivity contribution in [2.24, 2.45) is 17.8 Å². The molecule has 0 aromatic carbocycles. The van der Waals surface area contributed by atoms with Crippen molar-refractivity contribution in [2.45, 2.75) is 219 Å². The Hall–Kier alpha value is -1.77. The Balaban J connectivity index is 1.97.